The topological polar surface area (TPSA) is 3.24 Å². The summed E-state index contributed by atoms with van der Waals surface area (Å²) in [7, 11) is 2.29. The van der Waals surface area contributed by atoms with Crippen LogP contribution < -0.4 is 0 Å². The van der Waals surface area contributed by atoms with Crippen molar-refractivity contribution in [2.45, 2.75) is 51.9 Å². The monoisotopic (exact) mass is 243 g/mol. The first-order chi connectivity index (χ1) is 7.76. The molecule has 16 heavy (non-hydrogen) atoms. The molecule has 1 aliphatic rings. The van der Waals surface area contributed by atoms with E-state index in [2.05, 4.69) is 31.5 Å². The second-order valence-electron chi connectivity index (χ2n) is 5.56. The van der Waals surface area contributed by atoms with Gasteiger partial charge in [-0.2, -0.15) is 12.6 Å². The van der Waals surface area contributed by atoms with Gasteiger partial charge in [0.05, 0.1) is 0 Å². The van der Waals surface area contributed by atoms with Gasteiger partial charge in [0, 0.05) is 13.1 Å². The largest absolute Gasteiger partial charge is 0.306 e. The minimum Gasteiger partial charge on any atom is -0.306 e. The lowest BCUT2D eigenvalue weighted by Crippen LogP contribution is -2.32. The maximum atomic E-state index is 4.46. The van der Waals surface area contributed by atoms with E-state index in [4.69, 9.17) is 0 Å². The van der Waals surface area contributed by atoms with Crippen LogP contribution in [0.3, 0.4) is 0 Å². The molecule has 0 amide bonds. The molecule has 0 aromatic carbocycles. The number of rotatable bonds is 7. The van der Waals surface area contributed by atoms with E-state index in [0.717, 1.165) is 17.6 Å². The van der Waals surface area contributed by atoms with Gasteiger partial charge in [-0.15, -0.1) is 0 Å². The maximum Gasteiger partial charge on any atom is 0.00145 e. The summed E-state index contributed by atoms with van der Waals surface area (Å²) in [5.41, 5.74) is 0. The third kappa shape index (κ3) is 5.58. The van der Waals surface area contributed by atoms with Gasteiger partial charge >= 0.3 is 0 Å². The fourth-order valence-corrected chi connectivity index (χ4v) is 3.27. The molecule has 0 bridgehead atoms. The third-order valence-corrected chi connectivity index (χ3v) is 4.34. The van der Waals surface area contributed by atoms with Gasteiger partial charge in [0.15, 0.2) is 0 Å². The fourth-order valence-electron chi connectivity index (χ4n) is 2.97. The summed E-state index contributed by atoms with van der Waals surface area (Å²) >= 11 is 4.46. The van der Waals surface area contributed by atoms with Crippen molar-refractivity contribution >= 4 is 12.6 Å². The molecule has 1 rings (SSSR count). The molecular formula is C14H29NS. The van der Waals surface area contributed by atoms with Gasteiger partial charge < -0.3 is 4.90 Å². The molecule has 1 fully saturated rings. The first-order valence-electron chi connectivity index (χ1n) is 7.05. The second-order valence-corrected chi connectivity index (χ2v) is 5.93. The molecule has 1 atom stereocenters. The van der Waals surface area contributed by atoms with E-state index in [1.807, 2.05) is 0 Å². The van der Waals surface area contributed by atoms with Crippen LogP contribution in [0.5, 0.6) is 0 Å². The highest BCUT2D eigenvalue weighted by molar-refractivity contribution is 7.80. The zero-order valence-corrected chi connectivity index (χ0v) is 12.0. The molecule has 0 aromatic heterocycles. The van der Waals surface area contributed by atoms with Crippen LogP contribution in [0.2, 0.25) is 0 Å². The van der Waals surface area contributed by atoms with Crippen molar-refractivity contribution in [2.24, 2.45) is 11.8 Å². The van der Waals surface area contributed by atoms with Gasteiger partial charge in [-0.25, -0.2) is 0 Å². The van der Waals surface area contributed by atoms with Crippen molar-refractivity contribution in [1.82, 2.24) is 4.90 Å². The number of thiol groups is 1. The highest BCUT2D eigenvalue weighted by atomic mass is 32.1. The Morgan fingerprint density at radius 1 is 1.25 bits per heavy atom. The molecule has 1 unspecified atom stereocenters. The van der Waals surface area contributed by atoms with E-state index in [1.165, 1.54) is 58.0 Å². The molecule has 1 saturated carbocycles. The Morgan fingerprint density at radius 3 is 2.50 bits per heavy atom. The van der Waals surface area contributed by atoms with Crippen LogP contribution in [0.4, 0.5) is 0 Å². The molecule has 0 aliphatic heterocycles. The Hall–Kier alpha value is 0.310. The normalized spacial score (nSPS) is 20.2. The van der Waals surface area contributed by atoms with Crippen LogP contribution in [0, 0.1) is 11.8 Å². The zero-order chi connectivity index (χ0) is 11.8. The molecule has 96 valence electrons. The summed E-state index contributed by atoms with van der Waals surface area (Å²) in [5.74, 6) is 2.81. The number of nitrogens with zero attached hydrogens (tertiary/aromatic N) is 1. The van der Waals surface area contributed by atoms with Gasteiger partial charge in [-0.3, -0.25) is 0 Å². The minimum atomic E-state index is 0.793. The van der Waals surface area contributed by atoms with E-state index < -0.39 is 0 Å². The van der Waals surface area contributed by atoms with Gasteiger partial charge in [0.2, 0.25) is 0 Å². The van der Waals surface area contributed by atoms with Gasteiger partial charge in [0.1, 0.15) is 0 Å². The van der Waals surface area contributed by atoms with Gasteiger partial charge in [-0.1, -0.05) is 32.6 Å². The number of hydrogen-bond donors (Lipinski definition) is 1. The average molecular weight is 243 g/mol. The number of hydrogen-bond acceptors (Lipinski definition) is 2. The summed E-state index contributed by atoms with van der Waals surface area (Å²) in [6.07, 6.45) is 9.94. The SMILES string of the molecule is CCCC(CS)CN(C)CC1CCCCC1. The Bertz CT molecular complexity index is 159. The molecule has 0 radical (unpaired) electrons. The standard InChI is InChI=1S/C14H29NS/c1-3-7-14(12-16)11-15(2)10-13-8-5-4-6-9-13/h13-14,16H,3-12H2,1-2H3. The van der Waals surface area contributed by atoms with Crippen molar-refractivity contribution < 1.29 is 0 Å². The second kappa shape index (κ2) is 8.41. The minimum absolute atomic E-state index is 0.793. The lowest BCUT2D eigenvalue weighted by molar-refractivity contribution is 0.210. The van der Waals surface area contributed by atoms with Gasteiger partial charge in [0.25, 0.3) is 0 Å². The van der Waals surface area contributed by atoms with Crippen LogP contribution in [0.15, 0.2) is 0 Å². The van der Waals surface area contributed by atoms with Crippen molar-refractivity contribution in [3.63, 3.8) is 0 Å². The van der Waals surface area contributed by atoms with Crippen LogP contribution in [-0.4, -0.2) is 30.8 Å². The highest BCUT2D eigenvalue weighted by Crippen LogP contribution is 2.24. The first kappa shape index (κ1) is 14.4. The molecule has 2 heteroatoms. The Labute approximate surface area is 107 Å². The average Bonchev–Trinajstić information content (AvgIpc) is 2.29. The summed E-state index contributed by atoms with van der Waals surface area (Å²) in [6.45, 7) is 4.83. The zero-order valence-electron chi connectivity index (χ0n) is 11.1. The van der Waals surface area contributed by atoms with Crippen molar-refractivity contribution in [3.05, 3.63) is 0 Å². The van der Waals surface area contributed by atoms with Gasteiger partial charge in [-0.05, 0) is 43.9 Å². The Kier molecular flexibility index (Phi) is 7.55. The van der Waals surface area contributed by atoms with E-state index >= 15 is 0 Å². The Balaban J connectivity index is 2.19. The van der Waals surface area contributed by atoms with E-state index in [9.17, 15) is 0 Å². The van der Waals surface area contributed by atoms with E-state index in [1.54, 1.807) is 0 Å². The molecule has 0 saturated heterocycles. The summed E-state index contributed by atoms with van der Waals surface area (Å²) in [4.78, 5) is 2.55. The summed E-state index contributed by atoms with van der Waals surface area (Å²) in [5, 5.41) is 0. The highest BCUT2D eigenvalue weighted by Gasteiger charge is 2.17. The first-order valence-corrected chi connectivity index (χ1v) is 7.68. The maximum absolute atomic E-state index is 4.46. The molecule has 0 heterocycles. The van der Waals surface area contributed by atoms with Crippen LogP contribution in [0.1, 0.15) is 51.9 Å². The molecular weight excluding hydrogens is 214 g/mol. The third-order valence-electron chi connectivity index (χ3n) is 3.82. The predicted octanol–water partition coefficient (Wildman–Crippen LogP) is 3.84. The lowest BCUT2D eigenvalue weighted by Gasteiger charge is -2.29. The van der Waals surface area contributed by atoms with Crippen molar-refractivity contribution in [3.8, 4) is 0 Å². The molecule has 1 aliphatic carbocycles. The van der Waals surface area contributed by atoms with Crippen LogP contribution in [-0.2, 0) is 0 Å². The molecule has 0 spiro atoms. The molecule has 0 aromatic rings. The lowest BCUT2D eigenvalue weighted by atomic mass is 9.89. The Morgan fingerprint density at radius 2 is 1.94 bits per heavy atom. The molecule has 0 N–H and O–H groups in total. The van der Waals surface area contributed by atoms with E-state index in [-0.39, 0.29) is 0 Å². The summed E-state index contributed by atoms with van der Waals surface area (Å²) in [6, 6.07) is 0. The van der Waals surface area contributed by atoms with Crippen molar-refractivity contribution in [1.29, 1.82) is 0 Å². The van der Waals surface area contributed by atoms with E-state index in [0.29, 0.717) is 0 Å². The fraction of sp³-hybridized carbons (Fsp3) is 1.00. The smallest absolute Gasteiger partial charge is 0.00145 e. The molecule has 1 nitrogen and oxygen atoms in total. The van der Waals surface area contributed by atoms with Crippen LogP contribution in [0.25, 0.3) is 0 Å². The summed E-state index contributed by atoms with van der Waals surface area (Å²) < 4.78 is 0. The van der Waals surface area contributed by atoms with Crippen molar-refractivity contribution in [2.75, 3.05) is 25.9 Å². The quantitative estimate of drug-likeness (QED) is 0.665. The van der Waals surface area contributed by atoms with Crippen LogP contribution >= 0.6 is 12.6 Å². The predicted molar refractivity (Wildman–Crippen MR) is 76.3 cm³/mol.